The number of ether oxygens (including phenoxy) is 2. The molecule has 288 valence electrons. The van der Waals surface area contributed by atoms with E-state index in [1.807, 2.05) is 0 Å². The van der Waals surface area contributed by atoms with Crippen LogP contribution in [-0.2, 0) is 6.54 Å². The standard InChI is InChI=1S/C23H28N.C22H34N2O2S.CH3.2Al/c1-4-5-6-7-8-11-16-24-22-13-10-9-12-20(22)21-15-14-19(18(2)3)17-23(21)24;1-3-5-7-9-11-13-15-25-21-17-19-20(24-27-23-19)18-22(21)26-16-14-12-10-8-6-4-2;;;/h9,12-15,17H,2,4-8,11,16H2,1,3H3;3-16H2,1-2H3;1H3;;. The summed E-state index contributed by atoms with van der Waals surface area (Å²) >= 11 is 0.996. The van der Waals surface area contributed by atoms with Gasteiger partial charge in [0.05, 0.1) is 36.0 Å². The highest BCUT2D eigenvalue weighted by atomic mass is 32.1. The predicted molar refractivity (Wildman–Crippen MR) is 239 cm³/mol. The molecule has 2 aromatic heterocycles. The van der Waals surface area contributed by atoms with Gasteiger partial charge in [0, 0.05) is 28.4 Å². The molecule has 0 atom stereocenters. The van der Waals surface area contributed by atoms with Crippen LogP contribution in [0.1, 0.15) is 149 Å². The molecule has 0 N–H and O–H groups in total. The van der Waals surface area contributed by atoms with E-state index in [4.69, 9.17) is 18.2 Å². The number of fused-ring (bicyclic) bond motifs is 4. The number of unbranched alkanes of at least 4 members (excludes halogenated alkanes) is 15. The monoisotopic (exact) mass is 777 g/mol. The fraction of sp³-hybridized carbons (Fsp3) is 0.565. The second kappa shape index (κ2) is 23.0. The van der Waals surface area contributed by atoms with E-state index in [9.17, 15) is 0 Å². The van der Waals surface area contributed by atoms with Crippen molar-refractivity contribution in [2.24, 2.45) is 0 Å². The molecule has 0 unspecified atom stereocenters. The van der Waals surface area contributed by atoms with Gasteiger partial charge in [-0.1, -0.05) is 164 Å². The van der Waals surface area contributed by atoms with E-state index in [0.717, 1.165) is 54.1 Å². The van der Waals surface area contributed by atoms with Crippen molar-refractivity contribution in [3.63, 3.8) is 0 Å². The largest absolute Gasteiger partial charge is 0.491 e. The lowest BCUT2D eigenvalue weighted by atomic mass is 10.1. The Morgan fingerprint density at radius 2 is 1.15 bits per heavy atom. The lowest BCUT2D eigenvalue weighted by Crippen LogP contribution is -2.33. The van der Waals surface area contributed by atoms with Gasteiger partial charge in [-0.15, -0.1) is 10.2 Å². The maximum absolute atomic E-state index is 6.90. The molecule has 5 rings (SSSR count). The van der Waals surface area contributed by atoms with E-state index in [0.29, 0.717) is 6.61 Å². The van der Waals surface area contributed by atoms with Crippen LogP contribution < -0.4 is 22.7 Å². The maximum Gasteiger partial charge on any atom is 0.309 e. The number of allylic oxidation sites excluding steroid dienone is 1. The molecule has 2 radical (unpaired) electrons. The number of benzene rings is 3. The van der Waals surface area contributed by atoms with Crippen molar-refractivity contribution in [2.75, 3.05) is 13.2 Å². The Kier molecular flexibility index (Phi) is 18.3. The van der Waals surface area contributed by atoms with Gasteiger partial charge in [-0.05, 0) is 42.2 Å². The number of hydrogen-bond acceptors (Lipinski definition) is 5. The van der Waals surface area contributed by atoms with Gasteiger partial charge in [0.2, 0.25) is 0 Å². The van der Waals surface area contributed by atoms with Crippen LogP contribution in [0.4, 0.5) is 0 Å². The average molecular weight is 778 g/mol. The average Bonchev–Trinajstić information content (AvgIpc) is 3.79. The number of rotatable bonds is 27. The SMILES string of the molecule is C=C(C)c1ccc2c3cc[c]([Al][c]4c(OCCCCCCCC)c(OCCCCCCCC)[c]([Al][CH3])c5nsnc45)cc3n(CCCCCCCC)c2c1. The first-order valence-corrected chi connectivity index (χ1v) is 25.1. The van der Waals surface area contributed by atoms with Crippen LogP contribution in [0.3, 0.4) is 0 Å². The smallest absolute Gasteiger partial charge is 0.309 e. The zero-order chi connectivity index (χ0) is 38.1. The Labute approximate surface area is 343 Å². The summed E-state index contributed by atoms with van der Waals surface area (Å²) in [6.45, 7) is 15.7. The zero-order valence-electron chi connectivity index (χ0n) is 34.2. The summed E-state index contributed by atoms with van der Waals surface area (Å²) in [5.74, 6) is 4.21. The summed E-state index contributed by atoms with van der Waals surface area (Å²) in [4.78, 5) is 0. The molecule has 0 aliphatic heterocycles. The Balaban J connectivity index is 1.51. The van der Waals surface area contributed by atoms with Crippen molar-refractivity contribution in [2.45, 2.75) is 156 Å². The number of aryl methyl sites for hydroxylation is 1. The molecule has 0 aliphatic carbocycles. The highest BCUT2D eigenvalue weighted by Crippen LogP contribution is 2.32. The van der Waals surface area contributed by atoms with E-state index in [1.165, 1.54) is 155 Å². The second-order valence-electron chi connectivity index (χ2n) is 15.3. The molecule has 0 bridgehead atoms. The Morgan fingerprint density at radius 3 is 1.72 bits per heavy atom. The van der Waals surface area contributed by atoms with Crippen LogP contribution in [0.25, 0.3) is 38.4 Å². The molecular formula is C46H65Al2N3O2S. The van der Waals surface area contributed by atoms with Crippen LogP contribution in [0.5, 0.6) is 11.5 Å². The summed E-state index contributed by atoms with van der Waals surface area (Å²) in [7, 11) is 0. The molecular weight excluding hydrogens is 713 g/mol. The lowest BCUT2D eigenvalue weighted by Gasteiger charge is -2.21. The van der Waals surface area contributed by atoms with Crippen molar-refractivity contribution in [1.29, 1.82) is 0 Å². The van der Waals surface area contributed by atoms with E-state index in [-0.39, 0.29) is 30.4 Å². The van der Waals surface area contributed by atoms with E-state index < -0.39 is 0 Å². The number of nitrogens with zero attached hydrogens (tertiary/aromatic N) is 3. The van der Waals surface area contributed by atoms with Gasteiger partial charge in [-0.25, -0.2) is 0 Å². The summed E-state index contributed by atoms with van der Waals surface area (Å²) in [5, 5.41) is 2.66. The van der Waals surface area contributed by atoms with Crippen LogP contribution in [0.15, 0.2) is 43.0 Å². The first kappa shape index (κ1) is 42.8. The van der Waals surface area contributed by atoms with E-state index in [1.54, 1.807) is 0 Å². The number of hydrogen-bond donors (Lipinski definition) is 0. The minimum atomic E-state index is -0.313. The zero-order valence-corrected chi connectivity index (χ0v) is 37.4. The third-order valence-electron chi connectivity index (χ3n) is 10.9. The van der Waals surface area contributed by atoms with Crippen molar-refractivity contribution in [3.05, 3.63) is 48.5 Å². The van der Waals surface area contributed by atoms with E-state index >= 15 is 0 Å². The predicted octanol–water partition coefficient (Wildman–Crippen LogP) is 11.7. The molecule has 2 heterocycles. The molecule has 5 nitrogen and oxygen atoms in total. The van der Waals surface area contributed by atoms with Gasteiger partial charge in [-0.3, -0.25) is 0 Å². The second-order valence-corrected chi connectivity index (χ2v) is 18.5. The van der Waals surface area contributed by atoms with Crippen molar-refractivity contribution < 1.29 is 9.47 Å². The molecule has 0 saturated heterocycles. The van der Waals surface area contributed by atoms with Crippen LogP contribution in [0, 0.1) is 0 Å². The molecule has 8 heteroatoms. The number of aromatic nitrogens is 3. The third kappa shape index (κ3) is 11.4. The van der Waals surface area contributed by atoms with Crippen molar-refractivity contribution in [1.82, 2.24) is 13.3 Å². The molecule has 3 aromatic carbocycles. The van der Waals surface area contributed by atoms with Gasteiger partial charge in [-0.2, -0.15) is 8.75 Å². The van der Waals surface area contributed by atoms with Crippen LogP contribution >= 0.6 is 11.7 Å². The third-order valence-corrected chi connectivity index (χ3v) is 14.1. The molecule has 0 fully saturated rings. The molecule has 0 spiro atoms. The van der Waals surface area contributed by atoms with Crippen molar-refractivity contribution in [3.8, 4) is 11.5 Å². The molecule has 5 aromatic rings. The summed E-state index contributed by atoms with van der Waals surface area (Å²) < 4.78 is 30.0. The van der Waals surface area contributed by atoms with Crippen LogP contribution in [0.2, 0.25) is 5.79 Å². The van der Waals surface area contributed by atoms with Crippen molar-refractivity contribution >= 4 is 93.9 Å². The fourth-order valence-corrected chi connectivity index (χ4v) is 10.9. The first-order chi connectivity index (χ1) is 26.5. The summed E-state index contributed by atoms with van der Waals surface area (Å²) in [5.41, 5.74) is 7.05. The molecule has 0 amide bonds. The highest BCUT2D eigenvalue weighted by molar-refractivity contribution is 7.00. The topological polar surface area (TPSA) is 49.2 Å². The Morgan fingerprint density at radius 1 is 0.648 bits per heavy atom. The minimum absolute atomic E-state index is 0.0268. The van der Waals surface area contributed by atoms with Gasteiger partial charge < -0.3 is 14.0 Å². The molecule has 0 aliphatic rings. The van der Waals surface area contributed by atoms with Gasteiger partial charge >= 0.3 is 15.2 Å². The summed E-state index contributed by atoms with van der Waals surface area (Å²) in [6.07, 6.45) is 22.6. The van der Waals surface area contributed by atoms with Gasteiger partial charge in [0.15, 0.2) is 0 Å². The van der Waals surface area contributed by atoms with E-state index in [2.05, 4.69) is 81.0 Å². The summed E-state index contributed by atoms with van der Waals surface area (Å²) in [6, 6.07) is 14.1. The first-order valence-electron chi connectivity index (χ1n) is 21.5. The highest BCUT2D eigenvalue weighted by Gasteiger charge is 2.25. The minimum Gasteiger partial charge on any atom is -0.491 e. The lowest BCUT2D eigenvalue weighted by molar-refractivity contribution is 0.262. The molecule has 54 heavy (non-hydrogen) atoms. The Hall–Kier alpha value is -2.32. The van der Waals surface area contributed by atoms with Gasteiger partial charge in [0.1, 0.15) is 11.5 Å². The quantitative estimate of drug-likeness (QED) is 0.0394. The normalized spacial score (nSPS) is 11.6. The van der Waals surface area contributed by atoms with Gasteiger partial charge in [0.25, 0.3) is 15.2 Å². The fourth-order valence-electron chi connectivity index (χ4n) is 7.73. The maximum atomic E-state index is 6.90. The van der Waals surface area contributed by atoms with Crippen LogP contribution in [-0.4, -0.2) is 57.0 Å². The molecule has 0 saturated carbocycles. The Bertz CT molecular complexity index is 1920.